The van der Waals surface area contributed by atoms with Crippen LogP contribution in [0.15, 0.2) is 72.8 Å². The van der Waals surface area contributed by atoms with Gasteiger partial charge in [-0.05, 0) is 53.4 Å². The second kappa shape index (κ2) is 7.46. The van der Waals surface area contributed by atoms with E-state index in [1.807, 2.05) is 36.4 Å². The van der Waals surface area contributed by atoms with Crippen molar-refractivity contribution in [2.75, 3.05) is 0 Å². The fraction of sp³-hybridized carbons (Fsp3) is 0.136. The summed E-state index contributed by atoms with van der Waals surface area (Å²) in [5.74, 6) is 0.0412. The molecule has 2 heteroatoms. The Kier molecular flexibility index (Phi) is 5.12. The molecule has 0 unspecified atom stereocenters. The maximum absolute atomic E-state index is 12.0. The van der Waals surface area contributed by atoms with E-state index in [1.54, 1.807) is 6.92 Å². The lowest BCUT2D eigenvalue weighted by molar-refractivity contribution is -0.118. The molecule has 0 aliphatic carbocycles. The molecule has 24 heavy (non-hydrogen) atoms. The zero-order valence-electron chi connectivity index (χ0n) is 13.6. The lowest BCUT2D eigenvalue weighted by atomic mass is 9.92. The summed E-state index contributed by atoms with van der Waals surface area (Å²) in [4.78, 5) is 12.0. The third-order valence-electron chi connectivity index (χ3n) is 4.22. The second-order valence-electron chi connectivity index (χ2n) is 5.96. The van der Waals surface area contributed by atoms with E-state index in [1.165, 1.54) is 10.8 Å². The van der Waals surface area contributed by atoms with Gasteiger partial charge in [0.15, 0.2) is 0 Å². The summed E-state index contributed by atoms with van der Waals surface area (Å²) in [6, 6.07) is 22.2. The number of hydrogen-bond acceptors (Lipinski definition) is 1. The van der Waals surface area contributed by atoms with Gasteiger partial charge in [-0.1, -0.05) is 72.3 Å². The molecule has 0 amide bonds. The highest BCUT2D eigenvalue weighted by Gasteiger charge is 2.14. The molecule has 1 atom stereocenters. The van der Waals surface area contributed by atoms with E-state index >= 15 is 0 Å². The summed E-state index contributed by atoms with van der Waals surface area (Å²) in [5, 5.41) is 3.14. The van der Waals surface area contributed by atoms with Crippen LogP contribution in [0, 0.1) is 0 Å². The van der Waals surface area contributed by atoms with Crippen molar-refractivity contribution < 1.29 is 4.79 Å². The van der Waals surface area contributed by atoms with E-state index in [-0.39, 0.29) is 11.7 Å². The molecule has 1 nitrogen and oxygen atoms in total. The first-order valence-corrected chi connectivity index (χ1v) is 8.42. The number of Topliss-reactive ketones (excluding diaryl/α,β-unsaturated/α-hetero) is 1. The van der Waals surface area contributed by atoms with Crippen LogP contribution >= 0.6 is 11.6 Å². The van der Waals surface area contributed by atoms with Crippen molar-refractivity contribution in [2.24, 2.45) is 0 Å². The zero-order chi connectivity index (χ0) is 16.9. The van der Waals surface area contributed by atoms with Gasteiger partial charge in [0.1, 0.15) is 5.78 Å². The average molecular weight is 335 g/mol. The molecule has 0 bridgehead atoms. The molecule has 0 aromatic heterocycles. The highest BCUT2D eigenvalue weighted by Crippen LogP contribution is 2.24. The largest absolute Gasteiger partial charge is 0.299 e. The van der Waals surface area contributed by atoms with E-state index in [9.17, 15) is 4.79 Å². The normalized spacial score (nSPS) is 12.6. The molecule has 0 radical (unpaired) electrons. The van der Waals surface area contributed by atoms with Crippen molar-refractivity contribution in [3.63, 3.8) is 0 Å². The SMILES string of the molecule is CC(=O)[C@@H](CC=Cc1ccc2ccccc2c1)c1ccc(Cl)cc1. The molecule has 0 heterocycles. The van der Waals surface area contributed by atoms with Crippen LogP contribution in [0.25, 0.3) is 16.8 Å². The maximum atomic E-state index is 12.0. The van der Waals surface area contributed by atoms with Crippen molar-refractivity contribution in [1.82, 2.24) is 0 Å². The molecule has 0 saturated carbocycles. The number of benzene rings is 3. The molecule has 3 rings (SSSR count). The zero-order valence-corrected chi connectivity index (χ0v) is 14.3. The first-order chi connectivity index (χ1) is 11.6. The highest BCUT2D eigenvalue weighted by atomic mass is 35.5. The smallest absolute Gasteiger partial charge is 0.137 e. The minimum absolute atomic E-state index is 0.126. The van der Waals surface area contributed by atoms with Crippen LogP contribution in [-0.4, -0.2) is 5.78 Å². The predicted molar refractivity (Wildman–Crippen MR) is 102 cm³/mol. The van der Waals surface area contributed by atoms with Crippen molar-refractivity contribution in [3.05, 3.63) is 89.0 Å². The van der Waals surface area contributed by atoms with Gasteiger partial charge in [-0.15, -0.1) is 0 Å². The molecule has 3 aromatic carbocycles. The number of carbonyl (C=O) groups excluding carboxylic acids is 1. The Labute approximate surface area is 147 Å². The molecule has 120 valence electrons. The van der Waals surface area contributed by atoms with Gasteiger partial charge >= 0.3 is 0 Å². The Hall–Kier alpha value is -2.38. The lowest BCUT2D eigenvalue weighted by Gasteiger charge is -2.12. The van der Waals surface area contributed by atoms with Gasteiger partial charge in [-0.3, -0.25) is 4.79 Å². The number of ketones is 1. The summed E-state index contributed by atoms with van der Waals surface area (Å²) in [7, 11) is 0. The Morgan fingerprint density at radius 3 is 2.42 bits per heavy atom. The molecular formula is C22H19ClO. The van der Waals surface area contributed by atoms with E-state index in [0.29, 0.717) is 11.4 Å². The summed E-state index contributed by atoms with van der Waals surface area (Å²) in [5.41, 5.74) is 2.15. The van der Waals surface area contributed by atoms with E-state index < -0.39 is 0 Å². The van der Waals surface area contributed by atoms with E-state index in [4.69, 9.17) is 11.6 Å². The minimum Gasteiger partial charge on any atom is -0.299 e. The third kappa shape index (κ3) is 3.93. The lowest BCUT2D eigenvalue weighted by Crippen LogP contribution is -2.07. The van der Waals surface area contributed by atoms with Gasteiger partial charge in [0.05, 0.1) is 0 Å². The van der Waals surface area contributed by atoms with Crippen LogP contribution in [0.1, 0.15) is 30.4 Å². The van der Waals surface area contributed by atoms with Crippen LogP contribution in [0.4, 0.5) is 0 Å². The number of fused-ring (bicyclic) bond motifs is 1. The van der Waals surface area contributed by atoms with E-state index in [2.05, 4.69) is 42.5 Å². The van der Waals surface area contributed by atoms with Crippen LogP contribution in [0.3, 0.4) is 0 Å². The topological polar surface area (TPSA) is 17.1 Å². The Morgan fingerprint density at radius 1 is 1.00 bits per heavy atom. The summed E-state index contributed by atoms with van der Waals surface area (Å²) >= 11 is 5.93. The number of rotatable bonds is 5. The first kappa shape index (κ1) is 16.5. The number of carbonyl (C=O) groups is 1. The van der Waals surface area contributed by atoms with Crippen molar-refractivity contribution in [2.45, 2.75) is 19.3 Å². The Morgan fingerprint density at radius 2 is 1.71 bits per heavy atom. The first-order valence-electron chi connectivity index (χ1n) is 8.05. The molecule has 0 saturated heterocycles. The van der Waals surface area contributed by atoms with Crippen molar-refractivity contribution >= 4 is 34.2 Å². The van der Waals surface area contributed by atoms with Gasteiger partial charge in [-0.2, -0.15) is 0 Å². The molecular weight excluding hydrogens is 316 g/mol. The second-order valence-corrected chi connectivity index (χ2v) is 6.40. The van der Waals surface area contributed by atoms with Gasteiger partial charge in [0, 0.05) is 10.9 Å². The highest BCUT2D eigenvalue weighted by molar-refractivity contribution is 6.30. The summed E-state index contributed by atoms with van der Waals surface area (Å²) < 4.78 is 0. The van der Waals surface area contributed by atoms with Crippen LogP contribution in [-0.2, 0) is 4.79 Å². The molecule has 0 N–H and O–H groups in total. The van der Waals surface area contributed by atoms with Gasteiger partial charge < -0.3 is 0 Å². The number of allylic oxidation sites excluding steroid dienone is 1. The molecule has 0 spiro atoms. The molecule has 0 aliphatic rings. The third-order valence-corrected chi connectivity index (χ3v) is 4.47. The standard InChI is InChI=1S/C22H19ClO/c1-16(24)22(19-11-13-21(23)14-12-19)8-4-5-17-9-10-18-6-2-3-7-20(18)15-17/h2-7,9-15,22H,8H2,1H3/t22-/m1/s1. The van der Waals surface area contributed by atoms with Crippen molar-refractivity contribution in [1.29, 1.82) is 0 Å². The van der Waals surface area contributed by atoms with Crippen LogP contribution in [0.2, 0.25) is 5.02 Å². The van der Waals surface area contributed by atoms with Gasteiger partial charge in [0.25, 0.3) is 0 Å². The predicted octanol–water partition coefficient (Wildman–Crippen LogP) is 6.27. The summed E-state index contributed by atoms with van der Waals surface area (Å²) in [6.45, 7) is 1.64. The number of halogens is 1. The molecule has 3 aromatic rings. The molecule has 0 fully saturated rings. The Balaban J connectivity index is 1.76. The Bertz CT molecular complexity index is 878. The maximum Gasteiger partial charge on any atom is 0.137 e. The number of hydrogen-bond donors (Lipinski definition) is 0. The van der Waals surface area contributed by atoms with Gasteiger partial charge in [-0.25, -0.2) is 0 Å². The minimum atomic E-state index is -0.126. The van der Waals surface area contributed by atoms with Gasteiger partial charge in [0.2, 0.25) is 0 Å². The average Bonchev–Trinajstić information content (AvgIpc) is 2.59. The quantitative estimate of drug-likeness (QED) is 0.537. The van der Waals surface area contributed by atoms with Crippen LogP contribution < -0.4 is 0 Å². The fourth-order valence-corrected chi connectivity index (χ4v) is 3.01. The summed E-state index contributed by atoms with van der Waals surface area (Å²) in [6.07, 6.45) is 4.84. The monoisotopic (exact) mass is 334 g/mol. The molecule has 0 aliphatic heterocycles. The van der Waals surface area contributed by atoms with Crippen molar-refractivity contribution in [3.8, 4) is 0 Å². The van der Waals surface area contributed by atoms with E-state index in [0.717, 1.165) is 11.1 Å². The van der Waals surface area contributed by atoms with Crippen LogP contribution in [0.5, 0.6) is 0 Å². The fourth-order valence-electron chi connectivity index (χ4n) is 2.88.